The molecule has 126 valence electrons. The molecule has 2 aliphatic rings. The third kappa shape index (κ3) is 3.65. The maximum Gasteiger partial charge on any atom is 0.264 e. The van der Waals surface area contributed by atoms with E-state index in [-0.39, 0.29) is 23.0 Å². The summed E-state index contributed by atoms with van der Waals surface area (Å²) in [6.45, 7) is 1.80. The Hall–Kier alpha value is -1.63. The number of aromatic amines is 1. The van der Waals surface area contributed by atoms with Crippen molar-refractivity contribution < 1.29 is 5.11 Å². The van der Waals surface area contributed by atoms with E-state index < -0.39 is 0 Å². The van der Waals surface area contributed by atoms with Crippen molar-refractivity contribution in [2.45, 2.75) is 57.4 Å². The molecule has 2 fully saturated rings. The molecule has 6 nitrogen and oxygen atoms in total. The molecule has 0 atom stereocenters. The van der Waals surface area contributed by atoms with Crippen LogP contribution in [0.1, 0.15) is 63.0 Å². The Morgan fingerprint density at radius 2 is 1.78 bits per heavy atom. The van der Waals surface area contributed by atoms with Gasteiger partial charge in [0.25, 0.3) is 5.56 Å². The van der Waals surface area contributed by atoms with E-state index in [2.05, 4.69) is 10.1 Å². The van der Waals surface area contributed by atoms with Crippen molar-refractivity contribution in [3.8, 4) is 5.88 Å². The highest BCUT2D eigenvalue weighted by molar-refractivity contribution is 7.71. The molecule has 23 heavy (non-hydrogen) atoms. The van der Waals surface area contributed by atoms with E-state index in [1.165, 1.54) is 19.1 Å². The molecule has 1 aliphatic heterocycles. The van der Waals surface area contributed by atoms with Crippen LogP contribution < -0.4 is 5.56 Å². The second-order valence-electron chi connectivity index (χ2n) is 6.42. The lowest BCUT2D eigenvalue weighted by Crippen LogP contribution is -2.26. The van der Waals surface area contributed by atoms with Crippen LogP contribution in [-0.2, 0) is 0 Å². The zero-order valence-corrected chi connectivity index (χ0v) is 14.1. The van der Waals surface area contributed by atoms with Gasteiger partial charge in [0.15, 0.2) is 4.77 Å². The summed E-state index contributed by atoms with van der Waals surface area (Å²) in [5.74, 6) is -0.0496. The van der Waals surface area contributed by atoms with E-state index >= 15 is 0 Å². The third-order valence-corrected chi connectivity index (χ3v) is 5.07. The van der Waals surface area contributed by atoms with E-state index in [1.54, 1.807) is 4.57 Å². The molecule has 2 heterocycles. The number of hydrogen-bond acceptors (Lipinski definition) is 5. The molecule has 3 rings (SSSR count). The average molecular weight is 336 g/mol. The Balaban J connectivity index is 1.91. The molecule has 1 aromatic rings. The summed E-state index contributed by atoms with van der Waals surface area (Å²) in [5.41, 5.74) is -0.171. The number of piperidine rings is 1. The summed E-state index contributed by atoms with van der Waals surface area (Å²) in [6, 6.07) is 0.162. The van der Waals surface area contributed by atoms with Crippen molar-refractivity contribution >= 4 is 18.4 Å². The smallest absolute Gasteiger partial charge is 0.264 e. The summed E-state index contributed by atoms with van der Waals surface area (Å²) >= 11 is 5.27. The highest BCUT2D eigenvalue weighted by atomic mass is 32.1. The molecule has 0 bridgehead atoms. The lowest BCUT2D eigenvalue weighted by atomic mass is 9.95. The number of nitrogens with zero attached hydrogens (tertiary/aromatic N) is 3. The molecule has 1 aliphatic carbocycles. The molecule has 1 saturated heterocycles. The van der Waals surface area contributed by atoms with Gasteiger partial charge >= 0.3 is 0 Å². The molecular weight excluding hydrogens is 312 g/mol. The maximum atomic E-state index is 12.2. The number of aromatic nitrogens is 2. The molecular formula is C16H24N4O2S. The number of H-pyrrole nitrogens is 1. The minimum Gasteiger partial charge on any atom is -0.494 e. The van der Waals surface area contributed by atoms with Gasteiger partial charge in [-0.1, -0.05) is 19.3 Å². The first-order valence-corrected chi connectivity index (χ1v) is 8.94. The van der Waals surface area contributed by atoms with E-state index in [9.17, 15) is 9.90 Å². The van der Waals surface area contributed by atoms with Gasteiger partial charge in [-0.3, -0.25) is 19.4 Å². The number of aromatic hydroxyl groups is 1. The lowest BCUT2D eigenvalue weighted by Gasteiger charge is -2.26. The number of nitrogens with one attached hydrogen (secondary N) is 1. The van der Waals surface area contributed by atoms with Crippen LogP contribution in [0.2, 0.25) is 0 Å². The molecule has 1 saturated carbocycles. The lowest BCUT2D eigenvalue weighted by molar-refractivity contribution is 0.240. The Morgan fingerprint density at radius 3 is 2.48 bits per heavy atom. The fraction of sp³-hybridized carbons (Fsp3) is 0.688. The largest absolute Gasteiger partial charge is 0.494 e. The molecule has 1 aromatic heterocycles. The van der Waals surface area contributed by atoms with Crippen LogP contribution >= 0.6 is 12.2 Å². The van der Waals surface area contributed by atoms with Gasteiger partial charge in [-0.25, -0.2) is 0 Å². The molecule has 0 unspecified atom stereocenters. The average Bonchev–Trinajstić information content (AvgIpc) is 2.56. The van der Waals surface area contributed by atoms with Gasteiger partial charge in [-0.15, -0.1) is 0 Å². The summed E-state index contributed by atoms with van der Waals surface area (Å²) in [7, 11) is 0. The van der Waals surface area contributed by atoms with Gasteiger partial charge in [0.2, 0.25) is 5.88 Å². The van der Waals surface area contributed by atoms with Crippen molar-refractivity contribution in [2.75, 3.05) is 13.1 Å². The van der Waals surface area contributed by atoms with Gasteiger partial charge in [-0.05, 0) is 44.3 Å². The van der Waals surface area contributed by atoms with Crippen molar-refractivity contribution in [3.05, 3.63) is 20.7 Å². The van der Waals surface area contributed by atoms with Gasteiger partial charge in [0, 0.05) is 19.1 Å². The summed E-state index contributed by atoms with van der Waals surface area (Å²) in [6.07, 6.45) is 10.4. The Morgan fingerprint density at radius 1 is 1.13 bits per heavy atom. The normalized spacial score (nSPS) is 20.3. The van der Waals surface area contributed by atoms with Crippen molar-refractivity contribution in [2.24, 2.45) is 5.10 Å². The second-order valence-corrected chi connectivity index (χ2v) is 6.80. The number of hydrazone groups is 1. The topological polar surface area (TPSA) is 73.6 Å². The van der Waals surface area contributed by atoms with E-state index in [0.29, 0.717) is 4.77 Å². The van der Waals surface area contributed by atoms with Crippen LogP contribution in [-0.4, -0.2) is 39.0 Å². The zero-order chi connectivity index (χ0) is 16.2. The van der Waals surface area contributed by atoms with Crippen molar-refractivity contribution in [1.29, 1.82) is 0 Å². The van der Waals surface area contributed by atoms with Gasteiger partial charge in [-0.2, -0.15) is 5.10 Å². The quantitative estimate of drug-likeness (QED) is 0.657. The maximum absolute atomic E-state index is 12.2. The van der Waals surface area contributed by atoms with Crippen LogP contribution in [0.3, 0.4) is 0 Å². The van der Waals surface area contributed by atoms with Crippen LogP contribution in [0.5, 0.6) is 5.88 Å². The first kappa shape index (κ1) is 16.2. The minimum atomic E-state index is -0.375. The van der Waals surface area contributed by atoms with E-state index in [1.807, 2.05) is 5.01 Å². The first-order chi connectivity index (χ1) is 11.2. The Labute approximate surface area is 140 Å². The van der Waals surface area contributed by atoms with E-state index in [0.717, 1.165) is 51.6 Å². The minimum absolute atomic E-state index is 0.0496. The Kier molecular flexibility index (Phi) is 5.15. The van der Waals surface area contributed by atoms with Crippen molar-refractivity contribution in [3.63, 3.8) is 0 Å². The molecule has 0 amide bonds. The molecule has 0 spiro atoms. The van der Waals surface area contributed by atoms with Gasteiger partial charge in [0.05, 0.1) is 6.21 Å². The fourth-order valence-corrected chi connectivity index (χ4v) is 3.81. The van der Waals surface area contributed by atoms with Crippen LogP contribution in [0.4, 0.5) is 0 Å². The third-order valence-electron chi connectivity index (χ3n) is 4.78. The number of hydrogen-bond donors (Lipinski definition) is 2. The highest BCUT2D eigenvalue weighted by Gasteiger charge is 2.21. The SMILES string of the molecule is O=c1[nH]c(=S)n(C2CCCCC2)c(O)c1/C=N/N1CCCCC1. The molecule has 0 radical (unpaired) electrons. The predicted octanol–water partition coefficient (Wildman–Crippen LogP) is 2.94. The molecule has 0 aromatic carbocycles. The Bertz CT molecular complexity index is 682. The fourth-order valence-electron chi connectivity index (χ4n) is 3.48. The van der Waals surface area contributed by atoms with Crippen LogP contribution in [0.15, 0.2) is 9.90 Å². The standard InChI is InChI=1S/C16H24N4O2S/c21-14-13(11-17-19-9-5-2-6-10-19)15(22)20(16(23)18-14)12-7-3-1-4-8-12/h11-12,22H,1-10H2,(H,18,21,23)/b17-11+. The van der Waals surface area contributed by atoms with Crippen molar-refractivity contribution in [1.82, 2.24) is 14.6 Å². The highest BCUT2D eigenvalue weighted by Crippen LogP contribution is 2.31. The van der Waals surface area contributed by atoms with Crippen LogP contribution in [0.25, 0.3) is 0 Å². The summed E-state index contributed by atoms with van der Waals surface area (Å²) in [5, 5.41) is 16.9. The number of rotatable bonds is 3. The monoisotopic (exact) mass is 336 g/mol. The molecule has 7 heteroatoms. The van der Waals surface area contributed by atoms with E-state index in [4.69, 9.17) is 12.2 Å². The predicted molar refractivity (Wildman–Crippen MR) is 92.7 cm³/mol. The zero-order valence-electron chi connectivity index (χ0n) is 13.3. The second kappa shape index (κ2) is 7.29. The molecule has 2 N–H and O–H groups in total. The first-order valence-electron chi connectivity index (χ1n) is 8.53. The van der Waals surface area contributed by atoms with Gasteiger partial charge < -0.3 is 5.11 Å². The summed E-state index contributed by atoms with van der Waals surface area (Å²) in [4.78, 5) is 14.8. The van der Waals surface area contributed by atoms with Gasteiger partial charge in [0.1, 0.15) is 5.56 Å². The summed E-state index contributed by atoms with van der Waals surface area (Å²) < 4.78 is 2.00. The van der Waals surface area contributed by atoms with Crippen LogP contribution in [0, 0.1) is 4.77 Å².